The van der Waals surface area contributed by atoms with Gasteiger partial charge >= 0.3 is 0 Å². The molecule has 0 aliphatic carbocycles. The van der Waals surface area contributed by atoms with Gasteiger partial charge in [0.25, 0.3) is 5.91 Å². The van der Waals surface area contributed by atoms with Crippen molar-refractivity contribution >= 4 is 17.5 Å². The van der Waals surface area contributed by atoms with Gasteiger partial charge in [0.2, 0.25) is 5.91 Å². The van der Waals surface area contributed by atoms with Gasteiger partial charge in [-0.15, -0.1) is 0 Å². The van der Waals surface area contributed by atoms with E-state index in [2.05, 4.69) is 10.6 Å². The van der Waals surface area contributed by atoms with Crippen LogP contribution in [0.25, 0.3) is 0 Å². The monoisotopic (exact) mass is 365 g/mol. The van der Waals surface area contributed by atoms with E-state index in [4.69, 9.17) is 0 Å². The van der Waals surface area contributed by atoms with Crippen LogP contribution >= 0.6 is 0 Å². The van der Waals surface area contributed by atoms with Gasteiger partial charge in [0, 0.05) is 24.8 Å². The van der Waals surface area contributed by atoms with Crippen LogP contribution in [0.1, 0.15) is 39.2 Å². The Balaban J connectivity index is 1.95. The lowest BCUT2D eigenvalue weighted by Crippen LogP contribution is -2.58. The maximum absolute atomic E-state index is 13.3. The van der Waals surface area contributed by atoms with Crippen LogP contribution in [0.3, 0.4) is 0 Å². The van der Waals surface area contributed by atoms with Crippen LogP contribution in [0.2, 0.25) is 0 Å². The fraction of sp³-hybridized carbons (Fsp3) is 0.579. The Labute approximate surface area is 153 Å². The van der Waals surface area contributed by atoms with E-state index >= 15 is 0 Å². The summed E-state index contributed by atoms with van der Waals surface area (Å²) in [4.78, 5) is 26.5. The van der Waals surface area contributed by atoms with Crippen molar-refractivity contribution in [1.82, 2.24) is 10.2 Å². The quantitative estimate of drug-likeness (QED) is 0.674. The van der Waals surface area contributed by atoms with E-state index in [-0.39, 0.29) is 30.2 Å². The molecule has 0 spiro atoms. The van der Waals surface area contributed by atoms with Crippen molar-refractivity contribution in [2.24, 2.45) is 5.92 Å². The summed E-state index contributed by atoms with van der Waals surface area (Å²) >= 11 is 0. The first-order chi connectivity index (χ1) is 12.1. The first kappa shape index (κ1) is 20.3. The average molecular weight is 365 g/mol. The molecule has 2 amide bonds. The molecule has 0 saturated carbocycles. The van der Waals surface area contributed by atoms with E-state index in [1.807, 2.05) is 13.8 Å². The molecule has 7 heteroatoms. The minimum Gasteiger partial charge on any atom is -0.368 e. The fourth-order valence-electron chi connectivity index (χ4n) is 3.08. The van der Waals surface area contributed by atoms with Crippen LogP contribution in [0.5, 0.6) is 0 Å². The Kier molecular flexibility index (Phi) is 6.36. The minimum absolute atomic E-state index is 0.00244. The highest BCUT2D eigenvalue weighted by Crippen LogP contribution is 2.22. The number of aryl methyl sites for hydroxylation is 1. The summed E-state index contributed by atoms with van der Waals surface area (Å²) in [6, 6.07) is 4.40. The Morgan fingerprint density at radius 3 is 2.77 bits per heavy atom. The number of anilines is 1. The lowest BCUT2D eigenvalue weighted by molar-refractivity contribution is -0.152. The zero-order valence-corrected chi connectivity index (χ0v) is 15.8. The molecule has 1 saturated heterocycles. The van der Waals surface area contributed by atoms with Gasteiger partial charge in [-0.2, -0.15) is 0 Å². The predicted octanol–water partition coefficient (Wildman–Crippen LogP) is 2.02. The van der Waals surface area contributed by atoms with E-state index in [1.54, 1.807) is 13.0 Å². The zero-order chi connectivity index (χ0) is 19.5. The second-order valence-corrected chi connectivity index (χ2v) is 7.22. The number of nitrogens with zero attached hydrogens (tertiary/aromatic N) is 1. The van der Waals surface area contributed by atoms with E-state index in [0.717, 1.165) is 6.42 Å². The summed E-state index contributed by atoms with van der Waals surface area (Å²) in [6.45, 7) is 7.60. The summed E-state index contributed by atoms with van der Waals surface area (Å²) in [5.41, 5.74) is -0.670. The van der Waals surface area contributed by atoms with Gasteiger partial charge in [0.1, 0.15) is 5.82 Å². The maximum Gasteiger partial charge on any atom is 0.269 e. The SMILES string of the molecule is CC[C@@H](C)NC(C)(O)C(=O)N1CC[C@H](C(=O)Nc2ccc(F)c(C)c2)C1. The smallest absolute Gasteiger partial charge is 0.269 e. The predicted molar refractivity (Wildman–Crippen MR) is 98.0 cm³/mol. The molecule has 2 rings (SSSR count). The van der Waals surface area contributed by atoms with Gasteiger partial charge in [0.05, 0.1) is 5.92 Å². The molecule has 0 aromatic heterocycles. The highest BCUT2D eigenvalue weighted by atomic mass is 19.1. The number of benzene rings is 1. The molecule has 3 N–H and O–H groups in total. The molecule has 3 atom stereocenters. The summed E-state index contributed by atoms with van der Waals surface area (Å²) in [5, 5.41) is 16.1. The summed E-state index contributed by atoms with van der Waals surface area (Å²) < 4.78 is 13.3. The number of carbonyl (C=O) groups excluding carboxylic acids is 2. The molecule has 1 fully saturated rings. The number of rotatable bonds is 6. The molecule has 1 heterocycles. The third-order valence-electron chi connectivity index (χ3n) is 4.83. The number of hydrogen-bond acceptors (Lipinski definition) is 4. The van der Waals surface area contributed by atoms with E-state index < -0.39 is 11.6 Å². The molecule has 1 aromatic rings. The number of nitrogens with one attached hydrogen (secondary N) is 2. The van der Waals surface area contributed by atoms with Crippen LogP contribution in [0.4, 0.5) is 10.1 Å². The average Bonchev–Trinajstić information content (AvgIpc) is 3.07. The Morgan fingerprint density at radius 1 is 1.46 bits per heavy atom. The van der Waals surface area contributed by atoms with Crippen LogP contribution in [0.15, 0.2) is 18.2 Å². The Hall–Kier alpha value is -1.99. The zero-order valence-electron chi connectivity index (χ0n) is 15.8. The lowest BCUT2D eigenvalue weighted by Gasteiger charge is -2.31. The maximum atomic E-state index is 13.3. The third-order valence-corrected chi connectivity index (χ3v) is 4.83. The molecule has 1 aromatic carbocycles. The number of amides is 2. The van der Waals surface area contributed by atoms with E-state index in [1.165, 1.54) is 24.0 Å². The summed E-state index contributed by atoms with van der Waals surface area (Å²) in [5.74, 6) is -1.31. The molecule has 6 nitrogen and oxygen atoms in total. The number of hydrogen-bond donors (Lipinski definition) is 3. The lowest BCUT2D eigenvalue weighted by atomic mass is 10.1. The highest BCUT2D eigenvalue weighted by Gasteiger charge is 2.39. The molecule has 144 valence electrons. The number of halogens is 1. The van der Waals surface area contributed by atoms with Crippen LogP contribution in [-0.2, 0) is 9.59 Å². The standard InChI is InChI=1S/C19H28FN3O3/c1-5-13(3)22-19(4,26)18(25)23-9-8-14(11-23)17(24)21-15-6-7-16(20)12(2)10-15/h6-7,10,13-14,22,26H,5,8-9,11H2,1-4H3,(H,21,24)/t13-,14+,19?/m1/s1. The second-order valence-electron chi connectivity index (χ2n) is 7.22. The van der Waals surface area contributed by atoms with Crippen molar-refractivity contribution < 1.29 is 19.1 Å². The van der Waals surface area contributed by atoms with Crippen molar-refractivity contribution in [3.63, 3.8) is 0 Å². The van der Waals surface area contributed by atoms with Crippen molar-refractivity contribution in [3.8, 4) is 0 Å². The van der Waals surface area contributed by atoms with Crippen molar-refractivity contribution in [1.29, 1.82) is 0 Å². The van der Waals surface area contributed by atoms with Crippen LogP contribution < -0.4 is 10.6 Å². The largest absolute Gasteiger partial charge is 0.368 e. The fourth-order valence-corrected chi connectivity index (χ4v) is 3.08. The normalized spacial score (nSPS) is 20.5. The second kappa shape index (κ2) is 8.14. The molecule has 26 heavy (non-hydrogen) atoms. The number of carbonyl (C=O) groups is 2. The summed E-state index contributed by atoms with van der Waals surface area (Å²) in [6.07, 6.45) is 1.31. The van der Waals surface area contributed by atoms with Gasteiger partial charge in [-0.1, -0.05) is 6.92 Å². The first-order valence-corrected chi connectivity index (χ1v) is 9.00. The molecule has 0 radical (unpaired) electrons. The van der Waals surface area contributed by atoms with Crippen molar-refractivity contribution in [2.75, 3.05) is 18.4 Å². The van der Waals surface area contributed by atoms with Crippen LogP contribution in [-0.4, -0.2) is 46.7 Å². The van der Waals surface area contributed by atoms with Gasteiger partial charge < -0.3 is 15.3 Å². The van der Waals surface area contributed by atoms with Crippen molar-refractivity contribution in [2.45, 2.75) is 52.3 Å². The van der Waals surface area contributed by atoms with Crippen molar-refractivity contribution in [3.05, 3.63) is 29.6 Å². The Morgan fingerprint density at radius 2 is 2.15 bits per heavy atom. The molecule has 0 bridgehead atoms. The molecule has 1 aliphatic heterocycles. The first-order valence-electron chi connectivity index (χ1n) is 9.00. The molecular weight excluding hydrogens is 337 g/mol. The van der Waals surface area contributed by atoms with E-state index in [0.29, 0.717) is 24.2 Å². The number of aliphatic hydroxyl groups is 1. The topological polar surface area (TPSA) is 81.7 Å². The van der Waals surface area contributed by atoms with Gasteiger partial charge in [-0.05, 0) is 57.4 Å². The van der Waals surface area contributed by atoms with Gasteiger partial charge in [0.15, 0.2) is 5.72 Å². The minimum atomic E-state index is -1.66. The number of likely N-dealkylation sites (tertiary alicyclic amines) is 1. The van der Waals surface area contributed by atoms with Gasteiger partial charge in [-0.3, -0.25) is 14.9 Å². The molecule has 1 unspecified atom stereocenters. The molecular formula is C19H28FN3O3. The van der Waals surface area contributed by atoms with Gasteiger partial charge in [-0.25, -0.2) is 4.39 Å². The Bertz CT molecular complexity index is 678. The molecule has 1 aliphatic rings. The third kappa shape index (κ3) is 4.80. The van der Waals surface area contributed by atoms with Crippen LogP contribution in [0, 0.1) is 18.7 Å². The highest BCUT2D eigenvalue weighted by molar-refractivity contribution is 5.94. The van der Waals surface area contributed by atoms with E-state index in [9.17, 15) is 19.1 Å². The summed E-state index contributed by atoms with van der Waals surface area (Å²) in [7, 11) is 0.